The van der Waals surface area contributed by atoms with Crippen molar-refractivity contribution < 1.29 is 19.0 Å². The second-order valence-corrected chi connectivity index (χ2v) is 6.30. The number of carboxylic acid groups (broad SMARTS) is 1. The number of hydrogen-bond acceptors (Lipinski definition) is 3. The van der Waals surface area contributed by atoms with Gasteiger partial charge in [0.1, 0.15) is 11.4 Å². The van der Waals surface area contributed by atoms with Crippen LogP contribution < -0.4 is 0 Å². The average molecular weight is 330 g/mol. The molecular formula is C18H19FN2O3. The van der Waals surface area contributed by atoms with E-state index in [0.29, 0.717) is 29.7 Å². The molecule has 0 radical (unpaired) electrons. The Bertz CT molecular complexity index is 852. The number of nitriles is 1. The first kappa shape index (κ1) is 16.5. The minimum atomic E-state index is -1.04. The number of carbonyl (C=O) groups is 1. The van der Waals surface area contributed by atoms with Crippen LogP contribution in [0.3, 0.4) is 0 Å². The number of rotatable bonds is 4. The Balaban J connectivity index is 2.34. The van der Waals surface area contributed by atoms with Gasteiger partial charge in [0.25, 0.3) is 0 Å². The van der Waals surface area contributed by atoms with Gasteiger partial charge in [-0.3, -0.25) is 4.79 Å². The molecule has 0 spiro atoms. The Kier molecular flexibility index (Phi) is 4.06. The highest BCUT2D eigenvalue weighted by molar-refractivity contribution is 5.91. The number of benzene rings is 1. The zero-order valence-electron chi connectivity index (χ0n) is 13.6. The number of halogens is 1. The molecule has 6 heteroatoms. The lowest BCUT2D eigenvalue weighted by molar-refractivity contribution is -0.155. The summed E-state index contributed by atoms with van der Waals surface area (Å²) in [7, 11) is 0. The van der Waals surface area contributed by atoms with Gasteiger partial charge < -0.3 is 14.8 Å². The van der Waals surface area contributed by atoms with Crippen LogP contribution in [0.15, 0.2) is 12.1 Å². The summed E-state index contributed by atoms with van der Waals surface area (Å²) in [5, 5.41) is 19.3. The van der Waals surface area contributed by atoms with Crippen LogP contribution in [0.1, 0.15) is 43.5 Å². The van der Waals surface area contributed by atoms with E-state index in [0.717, 1.165) is 12.0 Å². The topological polar surface area (TPSA) is 86.1 Å². The Morgan fingerprint density at radius 2 is 2.33 bits per heavy atom. The molecule has 0 saturated heterocycles. The molecule has 2 N–H and O–H groups in total. The molecule has 0 amide bonds. The first-order valence-electron chi connectivity index (χ1n) is 8.04. The summed E-state index contributed by atoms with van der Waals surface area (Å²) in [5.74, 6) is -1.50. The van der Waals surface area contributed by atoms with Gasteiger partial charge in [-0.2, -0.15) is 5.26 Å². The van der Waals surface area contributed by atoms with Crippen LogP contribution in [0.25, 0.3) is 10.9 Å². The number of nitrogens with zero attached hydrogens (tertiary/aromatic N) is 1. The molecular weight excluding hydrogens is 311 g/mol. The third-order valence-electron chi connectivity index (χ3n) is 5.09. The van der Waals surface area contributed by atoms with E-state index in [2.05, 4.69) is 11.1 Å². The molecule has 3 rings (SSSR count). The average Bonchev–Trinajstić information content (AvgIpc) is 2.96. The van der Waals surface area contributed by atoms with Crippen molar-refractivity contribution in [3.05, 3.63) is 34.8 Å². The van der Waals surface area contributed by atoms with Gasteiger partial charge in [-0.05, 0) is 30.0 Å². The quantitative estimate of drug-likeness (QED) is 0.899. The van der Waals surface area contributed by atoms with Crippen LogP contribution >= 0.6 is 0 Å². The van der Waals surface area contributed by atoms with Crippen LogP contribution in [-0.4, -0.2) is 22.7 Å². The molecule has 2 atom stereocenters. The van der Waals surface area contributed by atoms with Crippen LogP contribution in [0.4, 0.5) is 4.39 Å². The fourth-order valence-electron chi connectivity index (χ4n) is 3.71. The summed E-state index contributed by atoms with van der Waals surface area (Å²) in [6.07, 6.45) is 1.03. The van der Waals surface area contributed by atoms with E-state index in [9.17, 15) is 19.6 Å². The zero-order chi connectivity index (χ0) is 17.5. The fraction of sp³-hybridized carbons (Fsp3) is 0.444. The molecule has 0 saturated carbocycles. The van der Waals surface area contributed by atoms with Crippen molar-refractivity contribution in [2.45, 2.75) is 38.7 Å². The highest BCUT2D eigenvalue weighted by atomic mass is 19.1. The van der Waals surface area contributed by atoms with Crippen LogP contribution in [-0.2, 0) is 21.6 Å². The van der Waals surface area contributed by atoms with Gasteiger partial charge in [0.05, 0.1) is 35.9 Å². The maximum atomic E-state index is 14.3. The molecule has 1 aromatic carbocycles. The van der Waals surface area contributed by atoms with Gasteiger partial charge in [-0.1, -0.05) is 20.3 Å². The number of carboxylic acids is 1. The van der Waals surface area contributed by atoms with Crippen molar-refractivity contribution >= 4 is 16.9 Å². The normalized spacial score (nSPS) is 21.2. The second-order valence-electron chi connectivity index (χ2n) is 6.30. The van der Waals surface area contributed by atoms with E-state index >= 15 is 0 Å². The third kappa shape index (κ3) is 2.28. The highest BCUT2D eigenvalue weighted by Crippen LogP contribution is 2.46. The highest BCUT2D eigenvalue weighted by Gasteiger charge is 2.46. The molecule has 0 fully saturated rings. The van der Waals surface area contributed by atoms with Crippen molar-refractivity contribution in [3.63, 3.8) is 0 Å². The first-order chi connectivity index (χ1) is 11.4. The van der Waals surface area contributed by atoms with Crippen LogP contribution in [0.2, 0.25) is 0 Å². The molecule has 24 heavy (non-hydrogen) atoms. The number of H-pyrrole nitrogens is 1. The van der Waals surface area contributed by atoms with Crippen LogP contribution in [0, 0.1) is 23.1 Å². The lowest BCUT2D eigenvalue weighted by atomic mass is 9.77. The van der Waals surface area contributed by atoms with Crippen molar-refractivity contribution in [2.24, 2.45) is 5.92 Å². The van der Waals surface area contributed by atoms with Gasteiger partial charge in [0, 0.05) is 5.39 Å². The Morgan fingerprint density at radius 1 is 1.58 bits per heavy atom. The molecule has 0 aliphatic carbocycles. The minimum absolute atomic E-state index is 0.0747. The largest absolute Gasteiger partial charge is 0.481 e. The van der Waals surface area contributed by atoms with Gasteiger partial charge in [-0.15, -0.1) is 0 Å². The standard InChI is InChI=1S/C18H19FN2O3/c1-3-10(2)18(8-14(22)23)17-12(6-7-24-18)15-11(9-20)4-5-13(19)16(15)21-17/h4-5,10,21H,3,6-8H2,1-2H3,(H,22,23)/t10?,18-/m1/s1. The third-order valence-corrected chi connectivity index (χ3v) is 5.09. The smallest absolute Gasteiger partial charge is 0.306 e. The van der Waals surface area contributed by atoms with E-state index < -0.39 is 17.4 Å². The lowest BCUT2D eigenvalue weighted by Crippen LogP contribution is -2.43. The first-order valence-corrected chi connectivity index (χ1v) is 8.04. The van der Waals surface area contributed by atoms with E-state index in [1.165, 1.54) is 12.1 Å². The van der Waals surface area contributed by atoms with E-state index in [1.807, 2.05) is 13.8 Å². The van der Waals surface area contributed by atoms with Gasteiger partial charge in [-0.25, -0.2) is 4.39 Å². The van der Waals surface area contributed by atoms with Gasteiger partial charge in [0.2, 0.25) is 0 Å². The second kappa shape index (κ2) is 5.91. The number of ether oxygens (including phenoxy) is 1. The number of aromatic amines is 1. The van der Waals surface area contributed by atoms with E-state index in [-0.39, 0.29) is 17.9 Å². The molecule has 1 unspecified atom stereocenters. The molecule has 0 bridgehead atoms. The number of nitrogens with one attached hydrogen (secondary N) is 1. The molecule has 1 aliphatic rings. The summed E-state index contributed by atoms with van der Waals surface area (Å²) in [5.41, 5.74) is 1.00. The Morgan fingerprint density at radius 3 is 2.96 bits per heavy atom. The predicted octanol–water partition coefficient (Wildman–Crippen LogP) is 3.47. The summed E-state index contributed by atoms with van der Waals surface area (Å²) in [4.78, 5) is 14.5. The molecule has 1 aromatic heterocycles. The van der Waals surface area contributed by atoms with Gasteiger partial charge in [0.15, 0.2) is 0 Å². The van der Waals surface area contributed by atoms with Crippen molar-refractivity contribution in [1.29, 1.82) is 5.26 Å². The number of aliphatic carboxylic acids is 1. The van der Waals surface area contributed by atoms with E-state index in [1.54, 1.807) is 0 Å². The minimum Gasteiger partial charge on any atom is -0.481 e. The lowest BCUT2D eigenvalue weighted by Gasteiger charge is -2.40. The molecule has 126 valence electrons. The predicted molar refractivity (Wildman–Crippen MR) is 86.0 cm³/mol. The summed E-state index contributed by atoms with van der Waals surface area (Å²) < 4.78 is 20.3. The Hall–Kier alpha value is -2.39. The maximum absolute atomic E-state index is 14.3. The van der Waals surface area contributed by atoms with Gasteiger partial charge >= 0.3 is 5.97 Å². The van der Waals surface area contributed by atoms with Crippen molar-refractivity contribution in [1.82, 2.24) is 4.98 Å². The summed E-state index contributed by atoms with van der Waals surface area (Å²) in [6, 6.07) is 4.82. The fourth-order valence-corrected chi connectivity index (χ4v) is 3.71. The number of aromatic nitrogens is 1. The monoisotopic (exact) mass is 330 g/mol. The van der Waals surface area contributed by atoms with Crippen molar-refractivity contribution in [2.75, 3.05) is 6.61 Å². The summed E-state index contributed by atoms with van der Waals surface area (Å²) in [6.45, 7) is 4.25. The molecule has 1 aliphatic heterocycles. The van der Waals surface area contributed by atoms with E-state index in [4.69, 9.17) is 4.74 Å². The number of hydrogen-bond donors (Lipinski definition) is 2. The molecule has 5 nitrogen and oxygen atoms in total. The van der Waals surface area contributed by atoms with Crippen molar-refractivity contribution in [3.8, 4) is 6.07 Å². The Labute approximate surface area is 139 Å². The molecule has 2 heterocycles. The van der Waals surface area contributed by atoms with Crippen LogP contribution in [0.5, 0.6) is 0 Å². The zero-order valence-corrected chi connectivity index (χ0v) is 13.6. The number of fused-ring (bicyclic) bond motifs is 3. The molecule has 2 aromatic rings. The maximum Gasteiger partial charge on any atom is 0.306 e. The SMILES string of the molecule is CCC(C)[C@@]1(CC(=O)O)OCCc2c1[nH]c1c(F)ccc(C#N)c21. The summed E-state index contributed by atoms with van der Waals surface area (Å²) >= 11 is 0.